The second-order valence-electron chi connectivity index (χ2n) is 16.7. The van der Waals surface area contributed by atoms with E-state index in [4.69, 9.17) is 26.3 Å². The molecule has 6 aliphatic rings. The molecule has 1 unspecified atom stereocenters. The van der Waals surface area contributed by atoms with Gasteiger partial charge in [0.05, 0.1) is 27.8 Å². The molecular formula is C43H45ClN8O7. The number of benzene rings is 2. The van der Waals surface area contributed by atoms with Gasteiger partial charge < -0.3 is 24.6 Å². The summed E-state index contributed by atoms with van der Waals surface area (Å²) in [6.07, 6.45) is 7.78. The molecule has 1 spiro atoms. The lowest BCUT2D eigenvalue weighted by molar-refractivity contribution is -0.136. The van der Waals surface area contributed by atoms with Crippen molar-refractivity contribution in [3.63, 3.8) is 0 Å². The Morgan fingerprint density at radius 3 is 2.36 bits per heavy atom. The quantitative estimate of drug-likeness (QED) is 0.309. The van der Waals surface area contributed by atoms with Crippen LogP contribution in [0.5, 0.6) is 11.5 Å². The first kappa shape index (κ1) is 38.9. The molecule has 2 N–H and O–H groups in total. The molecule has 0 bridgehead atoms. The largest absolute Gasteiger partial charge is 0.490 e. The van der Waals surface area contributed by atoms with E-state index in [-0.39, 0.29) is 42.1 Å². The molecule has 1 aromatic heterocycles. The lowest BCUT2D eigenvalue weighted by atomic mass is 9.86. The summed E-state index contributed by atoms with van der Waals surface area (Å²) < 4.78 is 12.6. The minimum atomic E-state index is -0.992. The van der Waals surface area contributed by atoms with Gasteiger partial charge in [0.2, 0.25) is 11.8 Å². The average Bonchev–Trinajstić information content (AvgIpc) is 3.70. The van der Waals surface area contributed by atoms with Gasteiger partial charge in [0.1, 0.15) is 29.2 Å². The summed E-state index contributed by atoms with van der Waals surface area (Å²) in [5.74, 6) is 0.325. The fourth-order valence-electron chi connectivity index (χ4n) is 9.57. The number of nitrogens with one attached hydrogen (secondary N) is 2. The third kappa shape index (κ3) is 7.83. The molecule has 59 heavy (non-hydrogen) atoms. The van der Waals surface area contributed by atoms with Crippen LogP contribution in [0.3, 0.4) is 0 Å². The highest BCUT2D eigenvalue weighted by molar-refractivity contribution is 6.31. The Labute approximate surface area is 346 Å². The maximum atomic E-state index is 13.4. The molecule has 0 radical (unpaired) electrons. The zero-order chi connectivity index (χ0) is 40.8. The first-order chi connectivity index (χ1) is 28.5. The summed E-state index contributed by atoms with van der Waals surface area (Å²) in [5.41, 5.74) is 1.79. The minimum absolute atomic E-state index is 0.0177. The van der Waals surface area contributed by atoms with Crippen LogP contribution >= 0.6 is 11.6 Å². The van der Waals surface area contributed by atoms with Crippen LogP contribution in [0.1, 0.15) is 107 Å². The van der Waals surface area contributed by atoms with Gasteiger partial charge in [0.15, 0.2) is 11.5 Å². The van der Waals surface area contributed by atoms with Gasteiger partial charge in [-0.3, -0.25) is 34.2 Å². The second kappa shape index (κ2) is 15.9. The lowest BCUT2D eigenvalue weighted by Crippen LogP contribution is -2.54. The molecule has 1 atom stereocenters. The van der Waals surface area contributed by atoms with Crippen molar-refractivity contribution in [3.05, 3.63) is 75.4 Å². The molecule has 9 rings (SSSR count). The number of fused-ring (bicyclic) bond motifs is 2. The van der Waals surface area contributed by atoms with E-state index in [0.717, 1.165) is 100 Å². The van der Waals surface area contributed by atoms with E-state index in [1.165, 1.54) is 0 Å². The summed E-state index contributed by atoms with van der Waals surface area (Å²) in [6, 6.07) is 13.2. The number of imide groups is 2. The third-order valence-corrected chi connectivity index (χ3v) is 13.3. The van der Waals surface area contributed by atoms with E-state index >= 15 is 0 Å². The first-order valence-corrected chi connectivity index (χ1v) is 21.0. The van der Waals surface area contributed by atoms with Crippen LogP contribution in [0.25, 0.3) is 0 Å². The van der Waals surface area contributed by atoms with Crippen molar-refractivity contribution < 1.29 is 33.4 Å². The van der Waals surface area contributed by atoms with E-state index in [2.05, 4.69) is 36.7 Å². The highest BCUT2D eigenvalue weighted by atomic mass is 35.5. The normalized spacial score (nSPS) is 24.3. The van der Waals surface area contributed by atoms with Gasteiger partial charge in [-0.15, -0.1) is 10.2 Å². The monoisotopic (exact) mass is 820 g/mol. The lowest BCUT2D eigenvalue weighted by Gasteiger charge is -2.41. The number of ether oxygens (including phenoxy) is 2. The Kier molecular flexibility index (Phi) is 10.5. The van der Waals surface area contributed by atoms with E-state index in [1.54, 1.807) is 36.4 Å². The van der Waals surface area contributed by atoms with Crippen molar-refractivity contribution in [2.45, 2.75) is 94.4 Å². The van der Waals surface area contributed by atoms with Crippen LogP contribution in [0.15, 0.2) is 42.5 Å². The number of carbonyl (C=O) groups is 5. The van der Waals surface area contributed by atoms with Crippen molar-refractivity contribution in [2.24, 2.45) is 5.92 Å². The molecule has 5 aliphatic heterocycles. The zero-order valence-electron chi connectivity index (χ0n) is 32.6. The molecule has 3 aromatic rings. The molecule has 2 aromatic carbocycles. The van der Waals surface area contributed by atoms with Crippen molar-refractivity contribution in [1.82, 2.24) is 30.6 Å². The highest BCUT2D eigenvalue weighted by Gasteiger charge is 2.48. The van der Waals surface area contributed by atoms with Gasteiger partial charge in [0.25, 0.3) is 17.7 Å². The topological polar surface area (TPSA) is 187 Å². The van der Waals surface area contributed by atoms with Gasteiger partial charge in [-0.25, -0.2) is 0 Å². The van der Waals surface area contributed by atoms with Gasteiger partial charge in [0, 0.05) is 70.5 Å². The molecule has 1 saturated carbocycles. The molecule has 15 nitrogen and oxygen atoms in total. The van der Waals surface area contributed by atoms with E-state index in [1.807, 2.05) is 6.07 Å². The number of hydrogen-bond acceptors (Lipinski definition) is 12. The molecule has 1 aliphatic carbocycles. The van der Waals surface area contributed by atoms with E-state index in [0.29, 0.717) is 45.7 Å². The van der Waals surface area contributed by atoms with Crippen LogP contribution in [-0.2, 0) is 16.0 Å². The number of rotatable bonds is 8. The van der Waals surface area contributed by atoms with Crippen LogP contribution in [-0.4, -0.2) is 106 Å². The Bertz CT molecular complexity index is 2190. The fraction of sp³-hybridized carbons (Fsp3) is 0.488. The second-order valence-corrected chi connectivity index (χ2v) is 17.1. The molecule has 5 amide bonds. The number of piperidine rings is 3. The maximum Gasteiger partial charge on any atom is 0.272 e. The number of anilines is 1. The number of carbonyl (C=O) groups excluding carboxylic acids is 5. The Hall–Kier alpha value is -5.59. The van der Waals surface area contributed by atoms with Gasteiger partial charge in [-0.1, -0.05) is 11.6 Å². The molecular weight excluding hydrogens is 776 g/mol. The standard InChI is InChI=1S/C43H45ClN8O7/c44-33-20-30(4-1-26(33)23-45)58-29-5-2-28(3-6-29)46-39(54)34-7-9-37(49-48-34)51-15-11-25(12-16-51)24-50-17-13-43(14-18-50)22-27-19-31-32(21-36(27)59-43)42(57)52(41(31)56)35-8-10-38(53)47-40(35)55/h1,4,7,9,19-21,25,28-29,35H,2-3,5-6,8,10-18,22,24H2,(H,46,54)(H,47,53,55). The smallest absolute Gasteiger partial charge is 0.272 e. The summed E-state index contributed by atoms with van der Waals surface area (Å²) in [7, 11) is 0. The van der Waals surface area contributed by atoms with Crippen LogP contribution in [0, 0.1) is 17.2 Å². The van der Waals surface area contributed by atoms with Crippen molar-refractivity contribution in [1.29, 1.82) is 5.26 Å². The minimum Gasteiger partial charge on any atom is -0.490 e. The molecule has 4 fully saturated rings. The van der Waals surface area contributed by atoms with Crippen LogP contribution < -0.4 is 25.0 Å². The van der Waals surface area contributed by atoms with Crippen LogP contribution in [0.2, 0.25) is 5.02 Å². The number of aromatic nitrogens is 2. The summed E-state index contributed by atoms with van der Waals surface area (Å²) in [4.78, 5) is 69.6. The molecule has 6 heterocycles. The summed E-state index contributed by atoms with van der Waals surface area (Å²) >= 11 is 6.15. The third-order valence-electron chi connectivity index (χ3n) is 12.9. The predicted molar refractivity (Wildman–Crippen MR) is 213 cm³/mol. The number of nitrogens with zero attached hydrogens (tertiary/aromatic N) is 6. The van der Waals surface area contributed by atoms with Gasteiger partial charge >= 0.3 is 0 Å². The molecule has 16 heteroatoms. The maximum absolute atomic E-state index is 13.4. The molecule has 3 saturated heterocycles. The van der Waals surface area contributed by atoms with Crippen molar-refractivity contribution in [3.8, 4) is 17.6 Å². The first-order valence-electron chi connectivity index (χ1n) is 20.6. The number of nitriles is 1. The highest BCUT2D eigenvalue weighted by Crippen LogP contribution is 2.44. The van der Waals surface area contributed by atoms with Crippen molar-refractivity contribution >= 4 is 47.0 Å². The zero-order valence-corrected chi connectivity index (χ0v) is 33.3. The van der Waals surface area contributed by atoms with Crippen LogP contribution in [0.4, 0.5) is 5.82 Å². The summed E-state index contributed by atoms with van der Waals surface area (Å²) in [6.45, 7) is 4.53. The number of hydrogen-bond donors (Lipinski definition) is 2. The van der Waals surface area contributed by atoms with E-state index in [9.17, 15) is 24.0 Å². The summed E-state index contributed by atoms with van der Waals surface area (Å²) in [5, 5.41) is 23.5. The SMILES string of the molecule is N#Cc1ccc(OC2CCC(NC(=O)c3ccc(N4CCC(CN5CCC6(CC5)Cc5cc7c(cc5O6)C(=O)N(C5CCC(=O)NC5=O)C7=O)CC4)nn3)CC2)cc1Cl. The van der Waals surface area contributed by atoms with E-state index < -0.39 is 29.7 Å². The van der Waals surface area contributed by atoms with Gasteiger partial charge in [-0.2, -0.15) is 5.26 Å². The average molecular weight is 821 g/mol. The van der Waals surface area contributed by atoms with Gasteiger partial charge in [-0.05, 0) is 92.8 Å². The Balaban J connectivity index is 0.702. The Morgan fingerprint density at radius 2 is 1.68 bits per heavy atom. The fourth-order valence-corrected chi connectivity index (χ4v) is 9.79. The Morgan fingerprint density at radius 1 is 0.932 bits per heavy atom. The number of likely N-dealkylation sites (tertiary alicyclic amines) is 1. The predicted octanol–water partition coefficient (Wildman–Crippen LogP) is 4.21. The molecule has 306 valence electrons. The number of halogens is 1. The van der Waals surface area contributed by atoms with Crippen molar-refractivity contribution in [2.75, 3.05) is 37.6 Å². The number of amides is 5.